The van der Waals surface area contributed by atoms with E-state index in [9.17, 15) is 15.2 Å². The van der Waals surface area contributed by atoms with Crippen LogP contribution in [0, 0.1) is 11.3 Å². The van der Waals surface area contributed by atoms with Crippen LogP contribution < -0.4 is 4.90 Å². The van der Waals surface area contributed by atoms with Gasteiger partial charge in [-0.1, -0.05) is 17.7 Å². The maximum Gasteiger partial charge on any atom is 0.325 e. The Bertz CT molecular complexity index is 1070. The predicted octanol–water partition coefficient (Wildman–Crippen LogP) is 3.04. The highest BCUT2D eigenvalue weighted by Gasteiger charge is 2.32. The molecular weight excluding hydrogens is 378 g/mol. The van der Waals surface area contributed by atoms with E-state index in [2.05, 4.69) is 16.0 Å². The second-order valence-corrected chi connectivity index (χ2v) is 7.12. The molecule has 2 aromatic heterocycles. The van der Waals surface area contributed by atoms with Gasteiger partial charge in [0.25, 0.3) is 0 Å². The van der Waals surface area contributed by atoms with Gasteiger partial charge in [-0.2, -0.15) is 5.26 Å². The lowest BCUT2D eigenvalue weighted by molar-refractivity contribution is -0.143. The van der Waals surface area contributed by atoms with Crippen LogP contribution in [0.3, 0.4) is 0 Å². The third-order valence-electron chi connectivity index (χ3n) is 5.09. The Kier molecular flexibility index (Phi) is 4.90. The Hall–Kier alpha value is -3.08. The maximum absolute atomic E-state index is 12.1. The van der Waals surface area contributed by atoms with Crippen molar-refractivity contribution in [2.24, 2.45) is 0 Å². The first kappa shape index (κ1) is 18.3. The van der Waals surface area contributed by atoms with Crippen LogP contribution >= 0.6 is 11.6 Å². The van der Waals surface area contributed by atoms with Gasteiger partial charge >= 0.3 is 5.97 Å². The van der Waals surface area contributed by atoms with Crippen LogP contribution in [-0.2, 0) is 4.79 Å². The van der Waals surface area contributed by atoms with E-state index in [1.165, 1.54) is 0 Å². The maximum atomic E-state index is 12.1. The molecule has 1 aliphatic heterocycles. The lowest BCUT2D eigenvalue weighted by atomic mass is 10.0. The molecule has 0 aliphatic carbocycles. The van der Waals surface area contributed by atoms with Crippen LogP contribution in [0.4, 0.5) is 5.82 Å². The number of aromatic nitrogens is 2. The van der Waals surface area contributed by atoms with Crippen molar-refractivity contribution in [1.82, 2.24) is 14.9 Å². The van der Waals surface area contributed by atoms with Crippen molar-refractivity contribution in [3.05, 3.63) is 58.9 Å². The fourth-order valence-electron chi connectivity index (χ4n) is 3.76. The van der Waals surface area contributed by atoms with Gasteiger partial charge in [-0.3, -0.25) is 9.69 Å². The molecule has 142 valence electrons. The fourth-order valence-corrected chi connectivity index (χ4v) is 3.93. The number of nitrogens with zero attached hydrogens (tertiary/aromatic N) is 4. The number of aliphatic carboxylic acids is 1. The van der Waals surface area contributed by atoms with Crippen molar-refractivity contribution in [3.8, 4) is 6.07 Å². The molecular formula is C20H18ClN5O2. The molecule has 1 fully saturated rings. The lowest BCUT2D eigenvalue weighted by Crippen LogP contribution is -2.49. The van der Waals surface area contributed by atoms with Crippen molar-refractivity contribution >= 4 is 34.3 Å². The molecule has 1 aromatic carbocycles. The lowest BCUT2D eigenvalue weighted by Gasteiger charge is -2.38. The number of aromatic amines is 1. The molecule has 3 aromatic rings. The minimum absolute atomic E-state index is 0.527. The first-order valence-corrected chi connectivity index (χ1v) is 9.29. The van der Waals surface area contributed by atoms with E-state index in [1.54, 1.807) is 36.7 Å². The van der Waals surface area contributed by atoms with Crippen LogP contribution in [0.2, 0.25) is 5.02 Å². The molecule has 3 heterocycles. The summed E-state index contributed by atoms with van der Waals surface area (Å²) in [5.41, 5.74) is 2.07. The normalized spacial score (nSPS) is 16.1. The predicted molar refractivity (Wildman–Crippen MR) is 106 cm³/mol. The summed E-state index contributed by atoms with van der Waals surface area (Å²) in [5, 5.41) is 20.7. The number of hydrogen-bond donors (Lipinski definition) is 2. The summed E-state index contributed by atoms with van der Waals surface area (Å²) in [7, 11) is 0. The summed E-state index contributed by atoms with van der Waals surface area (Å²) in [5.74, 6) is -0.238. The Morgan fingerprint density at radius 1 is 1.29 bits per heavy atom. The van der Waals surface area contributed by atoms with Gasteiger partial charge in [-0.05, 0) is 24.3 Å². The van der Waals surface area contributed by atoms with E-state index in [1.807, 2.05) is 15.9 Å². The van der Waals surface area contributed by atoms with Crippen LogP contribution in [0.5, 0.6) is 0 Å². The van der Waals surface area contributed by atoms with Crippen molar-refractivity contribution in [1.29, 1.82) is 5.26 Å². The number of nitriles is 1. The van der Waals surface area contributed by atoms with Crippen LogP contribution in [-0.4, -0.2) is 52.1 Å². The Balaban J connectivity index is 1.57. The van der Waals surface area contributed by atoms with Gasteiger partial charge < -0.3 is 15.0 Å². The van der Waals surface area contributed by atoms with E-state index in [-0.39, 0.29) is 0 Å². The second kappa shape index (κ2) is 7.50. The second-order valence-electron chi connectivity index (χ2n) is 6.68. The zero-order chi connectivity index (χ0) is 19.7. The third-order valence-corrected chi connectivity index (χ3v) is 5.33. The number of nitrogens with one attached hydrogen (secondary N) is 1. The number of carbonyl (C=O) groups is 1. The van der Waals surface area contributed by atoms with Crippen LogP contribution in [0.15, 0.2) is 42.7 Å². The smallest absolute Gasteiger partial charge is 0.325 e. The summed E-state index contributed by atoms with van der Waals surface area (Å²) in [6, 6.07) is 10.3. The number of hydrogen-bond acceptors (Lipinski definition) is 5. The van der Waals surface area contributed by atoms with E-state index >= 15 is 0 Å². The number of pyridine rings is 1. The number of carboxylic acid groups (broad SMARTS) is 1. The van der Waals surface area contributed by atoms with Gasteiger partial charge in [0.15, 0.2) is 0 Å². The largest absolute Gasteiger partial charge is 0.480 e. The first-order chi connectivity index (χ1) is 13.6. The number of halogens is 1. The number of fused-ring (bicyclic) bond motifs is 1. The number of rotatable bonds is 4. The fraction of sp³-hybridized carbons (Fsp3) is 0.250. The summed E-state index contributed by atoms with van der Waals surface area (Å²) in [6.07, 6.45) is 3.42. The third kappa shape index (κ3) is 3.28. The average Bonchev–Trinajstić information content (AvgIpc) is 3.11. The van der Waals surface area contributed by atoms with Crippen LogP contribution in [0.1, 0.15) is 17.2 Å². The number of benzene rings is 1. The molecule has 8 heteroatoms. The SMILES string of the molecule is N#Cc1cccnc1N1CCN(C(C(=O)O)c2c[nH]c3cc(Cl)ccc23)CC1. The highest BCUT2D eigenvalue weighted by atomic mass is 35.5. The molecule has 0 bridgehead atoms. The number of H-pyrrole nitrogens is 1. The molecule has 0 spiro atoms. The summed E-state index contributed by atoms with van der Waals surface area (Å²) >= 11 is 6.04. The monoisotopic (exact) mass is 395 g/mol. The minimum Gasteiger partial charge on any atom is -0.480 e. The summed E-state index contributed by atoms with van der Waals surface area (Å²) in [6.45, 7) is 2.31. The standard InChI is InChI=1S/C20H18ClN5O2/c21-14-3-4-15-16(12-24-17(15)10-14)18(20(27)28)25-6-8-26(9-7-25)19-13(11-22)2-1-5-23-19/h1-5,10,12,18,24H,6-9H2,(H,27,28). The van der Waals surface area contributed by atoms with Gasteiger partial charge in [-0.15, -0.1) is 0 Å². The minimum atomic E-state index is -0.889. The van der Waals surface area contributed by atoms with E-state index in [0.29, 0.717) is 42.6 Å². The number of anilines is 1. The molecule has 1 unspecified atom stereocenters. The summed E-state index contributed by atoms with van der Waals surface area (Å²) < 4.78 is 0. The van der Waals surface area contributed by atoms with Crippen molar-refractivity contribution < 1.29 is 9.90 Å². The quantitative estimate of drug-likeness (QED) is 0.704. The van der Waals surface area contributed by atoms with Gasteiger partial charge in [-0.25, -0.2) is 4.98 Å². The average molecular weight is 396 g/mol. The van der Waals surface area contributed by atoms with Crippen molar-refractivity contribution in [2.75, 3.05) is 31.1 Å². The zero-order valence-electron chi connectivity index (χ0n) is 15.0. The van der Waals surface area contributed by atoms with Gasteiger partial charge in [0, 0.05) is 60.1 Å². The topological polar surface area (TPSA) is 96.2 Å². The Morgan fingerprint density at radius 3 is 2.79 bits per heavy atom. The molecule has 1 saturated heterocycles. The van der Waals surface area contributed by atoms with E-state index in [4.69, 9.17) is 11.6 Å². The van der Waals surface area contributed by atoms with E-state index < -0.39 is 12.0 Å². The highest BCUT2D eigenvalue weighted by Crippen LogP contribution is 2.31. The van der Waals surface area contributed by atoms with Gasteiger partial charge in [0.2, 0.25) is 0 Å². The molecule has 0 amide bonds. The Labute approximate surface area is 166 Å². The molecule has 28 heavy (non-hydrogen) atoms. The van der Waals surface area contributed by atoms with Crippen molar-refractivity contribution in [3.63, 3.8) is 0 Å². The molecule has 7 nitrogen and oxygen atoms in total. The zero-order valence-corrected chi connectivity index (χ0v) is 15.7. The summed E-state index contributed by atoms with van der Waals surface area (Å²) in [4.78, 5) is 23.5. The van der Waals surface area contributed by atoms with E-state index in [0.717, 1.165) is 16.5 Å². The Morgan fingerprint density at radius 2 is 2.07 bits per heavy atom. The first-order valence-electron chi connectivity index (χ1n) is 8.92. The molecule has 4 rings (SSSR count). The number of carboxylic acids is 1. The molecule has 1 aliphatic rings. The molecule has 1 atom stereocenters. The number of piperazine rings is 1. The van der Waals surface area contributed by atoms with Crippen LogP contribution in [0.25, 0.3) is 10.9 Å². The van der Waals surface area contributed by atoms with Gasteiger partial charge in [0.05, 0.1) is 5.56 Å². The highest BCUT2D eigenvalue weighted by molar-refractivity contribution is 6.31. The van der Waals surface area contributed by atoms with Gasteiger partial charge in [0.1, 0.15) is 17.9 Å². The molecule has 0 radical (unpaired) electrons. The molecule has 2 N–H and O–H groups in total. The van der Waals surface area contributed by atoms with Crippen molar-refractivity contribution in [2.45, 2.75) is 6.04 Å². The molecule has 0 saturated carbocycles.